The summed E-state index contributed by atoms with van der Waals surface area (Å²) in [6.45, 7) is 18.8. The van der Waals surface area contributed by atoms with Gasteiger partial charge in [-0.05, 0) is 52.4 Å². The van der Waals surface area contributed by atoms with E-state index in [0.29, 0.717) is 13.2 Å². The van der Waals surface area contributed by atoms with Gasteiger partial charge in [0, 0.05) is 0 Å². The van der Waals surface area contributed by atoms with Gasteiger partial charge in [0.25, 0.3) is 0 Å². The molecule has 0 aliphatic heterocycles. The lowest BCUT2D eigenvalue weighted by Crippen LogP contribution is -2.34. The van der Waals surface area contributed by atoms with Gasteiger partial charge in [0.2, 0.25) is 0 Å². The van der Waals surface area contributed by atoms with Crippen LogP contribution >= 0.6 is 0 Å². The molecule has 0 amide bonds. The fourth-order valence-electron chi connectivity index (χ4n) is 2.48. The van der Waals surface area contributed by atoms with E-state index in [1.54, 1.807) is 41.5 Å². The number of rotatable bonds is 12. The number of carbonyl (C=O) groups excluding carboxylic acids is 4. The molecule has 0 atom stereocenters. The van der Waals surface area contributed by atoms with E-state index in [0.717, 1.165) is 12.8 Å². The minimum atomic E-state index is -0.829. The Kier molecular flexibility index (Phi) is 17.5. The lowest BCUT2D eigenvalue weighted by molar-refractivity contribution is -0.169. The molecular weight excluding hydrogens is 416 g/mol. The first kappa shape index (κ1) is 32.1. The van der Waals surface area contributed by atoms with Gasteiger partial charge < -0.3 is 18.9 Å². The molecule has 0 aromatic rings. The van der Waals surface area contributed by atoms with Crippen LogP contribution in [0.2, 0.25) is 0 Å². The predicted octanol–water partition coefficient (Wildman–Crippen LogP) is 4.33. The van der Waals surface area contributed by atoms with Crippen molar-refractivity contribution in [1.29, 1.82) is 0 Å². The number of esters is 4. The van der Waals surface area contributed by atoms with Crippen LogP contribution in [-0.2, 0) is 38.1 Å². The molecule has 32 heavy (non-hydrogen) atoms. The minimum Gasteiger partial charge on any atom is -0.465 e. The third-order valence-corrected chi connectivity index (χ3v) is 3.95. The topological polar surface area (TPSA) is 105 Å². The highest BCUT2D eigenvalue weighted by Gasteiger charge is 2.34. The predicted molar refractivity (Wildman–Crippen MR) is 122 cm³/mol. The van der Waals surface area contributed by atoms with Crippen LogP contribution < -0.4 is 0 Å². The second-order valence-corrected chi connectivity index (χ2v) is 8.75. The van der Waals surface area contributed by atoms with Crippen molar-refractivity contribution in [2.75, 3.05) is 13.2 Å². The summed E-state index contributed by atoms with van der Waals surface area (Å²) < 4.78 is 20.0. The van der Waals surface area contributed by atoms with Crippen molar-refractivity contribution in [3.8, 4) is 0 Å². The standard InChI is InChI=1S/2C12H22O4/c1-7(2)10(11(13)15-8(3)4)12(14)16-9(5)6;1-5-7-15-11(13)10(9(3)4)12(14)16-8-6-2/h7-10H,1-6H3;9-10H,5-8H2,1-4H3. The normalized spacial score (nSPS) is 11.0. The van der Waals surface area contributed by atoms with Crippen LogP contribution in [0.1, 0.15) is 82.1 Å². The Morgan fingerprint density at radius 2 is 0.812 bits per heavy atom. The molecule has 0 spiro atoms. The number of hydrogen-bond acceptors (Lipinski definition) is 8. The second-order valence-electron chi connectivity index (χ2n) is 8.75. The van der Waals surface area contributed by atoms with Crippen LogP contribution in [-0.4, -0.2) is 49.3 Å². The highest BCUT2D eigenvalue weighted by atomic mass is 16.6. The van der Waals surface area contributed by atoms with E-state index in [1.807, 2.05) is 27.7 Å². The largest absolute Gasteiger partial charge is 0.465 e. The summed E-state index contributed by atoms with van der Waals surface area (Å²) in [5, 5.41) is 0. The van der Waals surface area contributed by atoms with Crippen molar-refractivity contribution in [2.24, 2.45) is 23.7 Å². The van der Waals surface area contributed by atoms with Crippen molar-refractivity contribution < 1.29 is 38.1 Å². The Labute approximate surface area is 193 Å². The molecular formula is C24H44O8. The van der Waals surface area contributed by atoms with Crippen LogP contribution in [0.25, 0.3) is 0 Å². The first-order valence-electron chi connectivity index (χ1n) is 11.5. The highest BCUT2D eigenvalue weighted by Crippen LogP contribution is 2.17. The van der Waals surface area contributed by atoms with E-state index in [-0.39, 0.29) is 24.0 Å². The second kappa shape index (κ2) is 17.4. The molecule has 0 aliphatic carbocycles. The Hall–Kier alpha value is -2.12. The average Bonchev–Trinajstić information content (AvgIpc) is 2.63. The van der Waals surface area contributed by atoms with Gasteiger partial charge in [0.15, 0.2) is 11.8 Å². The summed E-state index contributed by atoms with van der Waals surface area (Å²) >= 11 is 0. The van der Waals surface area contributed by atoms with Gasteiger partial charge in [0.1, 0.15) is 0 Å². The molecule has 0 saturated heterocycles. The maximum absolute atomic E-state index is 11.7. The van der Waals surface area contributed by atoms with E-state index in [1.165, 1.54) is 0 Å². The zero-order chi connectivity index (χ0) is 25.4. The van der Waals surface area contributed by atoms with Crippen molar-refractivity contribution in [2.45, 2.75) is 94.3 Å². The summed E-state index contributed by atoms with van der Waals surface area (Å²) in [5.41, 5.74) is 0. The molecule has 0 heterocycles. The SMILES string of the molecule is CC(C)OC(=O)C(C(=O)OC(C)C)C(C)C.CCCOC(=O)C(C(=O)OCCC)C(C)C. The molecule has 0 radical (unpaired) electrons. The van der Waals surface area contributed by atoms with Gasteiger partial charge >= 0.3 is 23.9 Å². The molecule has 0 aromatic heterocycles. The van der Waals surface area contributed by atoms with Gasteiger partial charge in [-0.25, -0.2) is 0 Å². The molecule has 0 unspecified atom stereocenters. The summed E-state index contributed by atoms with van der Waals surface area (Å²) in [7, 11) is 0. The fraction of sp³-hybridized carbons (Fsp3) is 0.833. The maximum Gasteiger partial charge on any atom is 0.320 e. The molecule has 188 valence electrons. The summed E-state index contributed by atoms with van der Waals surface area (Å²) in [6.07, 6.45) is 1.06. The zero-order valence-corrected chi connectivity index (χ0v) is 21.6. The maximum atomic E-state index is 11.7. The quantitative estimate of drug-likeness (QED) is 0.241. The van der Waals surface area contributed by atoms with Crippen LogP contribution in [0.15, 0.2) is 0 Å². The Bertz CT molecular complexity index is 524. The average molecular weight is 461 g/mol. The number of carbonyl (C=O) groups is 4. The van der Waals surface area contributed by atoms with Gasteiger partial charge in [0.05, 0.1) is 25.4 Å². The van der Waals surface area contributed by atoms with E-state index < -0.39 is 35.7 Å². The molecule has 0 aromatic carbocycles. The molecule has 8 nitrogen and oxygen atoms in total. The summed E-state index contributed by atoms with van der Waals surface area (Å²) in [5.74, 6) is -3.81. The van der Waals surface area contributed by atoms with Crippen molar-refractivity contribution in [3.05, 3.63) is 0 Å². The lowest BCUT2D eigenvalue weighted by Gasteiger charge is -2.20. The van der Waals surface area contributed by atoms with Crippen molar-refractivity contribution >= 4 is 23.9 Å². The lowest BCUT2D eigenvalue weighted by atomic mass is 9.96. The highest BCUT2D eigenvalue weighted by molar-refractivity contribution is 5.95. The molecule has 8 heteroatoms. The molecule has 0 rings (SSSR count). The Morgan fingerprint density at radius 3 is 1.03 bits per heavy atom. The van der Waals surface area contributed by atoms with Crippen LogP contribution in [0, 0.1) is 23.7 Å². The Balaban J connectivity index is 0. The van der Waals surface area contributed by atoms with E-state index >= 15 is 0 Å². The van der Waals surface area contributed by atoms with E-state index in [9.17, 15) is 19.2 Å². The number of ether oxygens (including phenoxy) is 4. The summed E-state index contributed by atoms with van der Waals surface area (Å²) in [6, 6.07) is 0. The smallest absolute Gasteiger partial charge is 0.320 e. The summed E-state index contributed by atoms with van der Waals surface area (Å²) in [4.78, 5) is 46.6. The monoisotopic (exact) mass is 460 g/mol. The number of hydrogen-bond donors (Lipinski definition) is 0. The van der Waals surface area contributed by atoms with Crippen LogP contribution in [0.5, 0.6) is 0 Å². The van der Waals surface area contributed by atoms with Gasteiger partial charge in [-0.15, -0.1) is 0 Å². The van der Waals surface area contributed by atoms with Gasteiger partial charge in [-0.2, -0.15) is 0 Å². The van der Waals surface area contributed by atoms with E-state index in [2.05, 4.69) is 0 Å². The first-order valence-corrected chi connectivity index (χ1v) is 11.5. The zero-order valence-electron chi connectivity index (χ0n) is 21.6. The first-order chi connectivity index (χ1) is 14.8. The van der Waals surface area contributed by atoms with Crippen LogP contribution in [0.4, 0.5) is 0 Å². The molecule has 0 bridgehead atoms. The van der Waals surface area contributed by atoms with Crippen molar-refractivity contribution in [3.63, 3.8) is 0 Å². The third-order valence-electron chi connectivity index (χ3n) is 3.95. The fourth-order valence-corrected chi connectivity index (χ4v) is 2.48. The molecule has 0 fully saturated rings. The van der Waals surface area contributed by atoms with Crippen molar-refractivity contribution in [1.82, 2.24) is 0 Å². The molecule has 0 saturated carbocycles. The van der Waals surface area contributed by atoms with Crippen LogP contribution in [0.3, 0.4) is 0 Å². The molecule has 0 N–H and O–H groups in total. The van der Waals surface area contributed by atoms with E-state index in [4.69, 9.17) is 18.9 Å². The minimum absolute atomic E-state index is 0.103. The van der Waals surface area contributed by atoms with Gasteiger partial charge in [-0.3, -0.25) is 19.2 Å². The van der Waals surface area contributed by atoms with Gasteiger partial charge in [-0.1, -0.05) is 41.5 Å². The Morgan fingerprint density at radius 1 is 0.531 bits per heavy atom. The molecule has 0 aliphatic rings. The third kappa shape index (κ3) is 14.0.